The van der Waals surface area contributed by atoms with E-state index in [4.69, 9.17) is 9.29 Å². The van der Waals surface area contributed by atoms with Crippen molar-refractivity contribution in [2.24, 2.45) is 0 Å². The Morgan fingerprint density at radius 1 is 1.60 bits per heavy atom. The van der Waals surface area contributed by atoms with Gasteiger partial charge in [0.15, 0.2) is 12.0 Å². The predicted molar refractivity (Wildman–Crippen MR) is 39.6 cm³/mol. The molecule has 1 aliphatic rings. The van der Waals surface area contributed by atoms with Crippen LogP contribution in [0.1, 0.15) is 0 Å². The second kappa shape index (κ2) is 3.31. The van der Waals surface area contributed by atoms with Gasteiger partial charge in [-0.25, -0.2) is 0 Å². The summed E-state index contributed by atoms with van der Waals surface area (Å²) in [4.78, 5) is 10.3. The molecule has 0 saturated heterocycles. The Kier molecular flexibility index (Phi) is 2.39. The molecule has 0 saturated carbocycles. The van der Waals surface area contributed by atoms with Gasteiger partial charge < -0.3 is 5.11 Å². The monoisotopic (exact) mass is 159 g/mol. The van der Waals surface area contributed by atoms with Gasteiger partial charge in [-0.1, -0.05) is 6.08 Å². The molecule has 0 aromatic heterocycles. The summed E-state index contributed by atoms with van der Waals surface area (Å²) in [5.74, 6) is 0.461. The number of rotatable bonds is 0. The highest BCUT2D eigenvalue weighted by molar-refractivity contribution is 8.06. The van der Waals surface area contributed by atoms with Crippen molar-refractivity contribution in [3.63, 3.8) is 0 Å². The minimum atomic E-state index is -0.971. The first-order valence-electron chi connectivity index (χ1n) is 2.73. The Balaban J connectivity index is 2.55. The molecule has 0 aliphatic carbocycles. The molecule has 1 N–H and O–H groups in total. The summed E-state index contributed by atoms with van der Waals surface area (Å²) in [6.07, 6.45) is 6.63. The van der Waals surface area contributed by atoms with Crippen LogP contribution in [-0.2, 0) is 15.4 Å². The summed E-state index contributed by atoms with van der Waals surface area (Å²) in [5.41, 5.74) is 0. The van der Waals surface area contributed by atoms with Gasteiger partial charge in [0.2, 0.25) is 0 Å². The Bertz CT molecular complexity index is 171. The summed E-state index contributed by atoms with van der Waals surface area (Å²) in [7, 11) is 0. The van der Waals surface area contributed by atoms with E-state index in [-0.39, 0.29) is 0 Å². The molecule has 1 rings (SSSR count). The molecule has 1 atom stereocenters. The van der Waals surface area contributed by atoms with Gasteiger partial charge in [-0.05, 0) is 12.2 Å². The zero-order valence-electron chi connectivity index (χ0n) is 5.19. The van der Waals surface area contributed by atoms with E-state index in [1.165, 1.54) is 6.26 Å². The van der Waals surface area contributed by atoms with E-state index >= 15 is 0 Å². The number of allylic oxidation sites excluding steroid dienone is 2. The van der Waals surface area contributed by atoms with Crippen LogP contribution in [0.5, 0.6) is 0 Å². The first-order chi connectivity index (χ1) is 4.80. The van der Waals surface area contributed by atoms with Crippen molar-refractivity contribution >= 4 is 16.5 Å². The van der Waals surface area contributed by atoms with Crippen molar-refractivity contribution < 1.29 is 14.1 Å². The van der Waals surface area contributed by atoms with Gasteiger partial charge in [-0.3, -0.25) is 4.18 Å². The van der Waals surface area contributed by atoms with Crippen LogP contribution in [0.4, 0.5) is 4.79 Å². The third-order valence-corrected chi connectivity index (χ3v) is 2.17. The first-order valence-corrected chi connectivity index (χ1v) is 4.05. The minimum Gasteiger partial charge on any atom is -0.438 e. The van der Waals surface area contributed by atoms with Crippen molar-refractivity contribution in [1.82, 2.24) is 0 Å². The minimum absolute atomic E-state index is 0.461. The van der Waals surface area contributed by atoms with Gasteiger partial charge in [0.05, 0.1) is 0 Å². The molecule has 1 unspecified atom stereocenters. The molecular weight excluding hydrogens is 152 g/mol. The SMILES string of the molecule is O=C(O)[S+]1CC=CC=CO1. The van der Waals surface area contributed by atoms with Crippen LogP contribution in [0, 0.1) is 0 Å². The van der Waals surface area contributed by atoms with Crippen molar-refractivity contribution in [1.29, 1.82) is 0 Å². The molecule has 10 heavy (non-hydrogen) atoms. The number of hydrogen-bond acceptors (Lipinski definition) is 2. The molecule has 54 valence electrons. The van der Waals surface area contributed by atoms with Crippen LogP contribution in [0.15, 0.2) is 24.5 Å². The van der Waals surface area contributed by atoms with E-state index in [0.29, 0.717) is 5.75 Å². The molecule has 0 spiro atoms. The average Bonchev–Trinajstić information content (AvgIpc) is 2.12. The third-order valence-electron chi connectivity index (χ3n) is 0.940. The molecule has 4 heteroatoms. The van der Waals surface area contributed by atoms with Gasteiger partial charge >= 0.3 is 16.5 Å². The molecule has 0 amide bonds. The highest BCUT2D eigenvalue weighted by Crippen LogP contribution is 2.05. The first kappa shape index (κ1) is 7.21. The Labute approximate surface area is 61.5 Å². The zero-order valence-corrected chi connectivity index (χ0v) is 6.00. The van der Waals surface area contributed by atoms with Crippen molar-refractivity contribution in [3.05, 3.63) is 24.5 Å². The van der Waals surface area contributed by atoms with Gasteiger partial charge in [-0.15, -0.1) is 0 Å². The Morgan fingerprint density at radius 3 is 3.10 bits per heavy atom. The second-order valence-corrected chi connectivity index (χ2v) is 3.20. The van der Waals surface area contributed by atoms with Gasteiger partial charge in [0, 0.05) is 0 Å². The summed E-state index contributed by atoms with van der Waals surface area (Å²) in [5, 5.41) is 7.59. The highest BCUT2D eigenvalue weighted by atomic mass is 32.2. The second-order valence-electron chi connectivity index (χ2n) is 1.63. The lowest BCUT2D eigenvalue weighted by Gasteiger charge is -1.91. The van der Waals surface area contributed by atoms with Gasteiger partial charge in [0.25, 0.3) is 0 Å². The van der Waals surface area contributed by atoms with Crippen LogP contribution in [0.25, 0.3) is 0 Å². The number of hydrogen-bond donors (Lipinski definition) is 1. The zero-order chi connectivity index (χ0) is 7.40. The molecule has 0 aromatic rings. The van der Waals surface area contributed by atoms with E-state index in [9.17, 15) is 4.79 Å². The lowest BCUT2D eigenvalue weighted by molar-refractivity contribution is 0.219. The molecule has 0 fully saturated rings. The van der Waals surface area contributed by atoms with Crippen molar-refractivity contribution in [2.45, 2.75) is 0 Å². The number of carbonyl (C=O) groups is 1. The molecule has 1 heterocycles. The van der Waals surface area contributed by atoms with Crippen LogP contribution >= 0.6 is 0 Å². The van der Waals surface area contributed by atoms with E-state index < -0.39 is 16.5 Å². The Hall–Kier alpha value is -0.900. The quantitative estimate of drug-likeness (QED) is 0.542. The van der Waals surface area contributed by atoms with E-state index in [1.807, 2.05) is 0 Å². The molecule has 0 aromatic carbocycles. The van der Waals surface area contributed by atoms with Crippen LogP contribution in [0.2, 0.25) is 0 Å². The highest BCUT2D eigenvalue weighted by Gasteiger charge is 2.30. The largest absolute Gasteiger partial charge is 0.569 e. The summed E-state index contributed by atoms with van der Waals surface area (Å²) >= 11 is -0.971. The maximum absolute atomic E-state index is 10.3. The fourth-order valence-electron chi connectivity index (χ4n) is 0.518. The van der Waals surface area contributed by atoms with Crippen LogP contribution in [0.3, 0.4) is 0 Å². The molecule has 1 aliphatic heterocycles. The molecular formula is C6H7O3S+. The molecule has 0 radical (unpaired) electrons. The lowest BCUT2D eigenvalue weighted by atomic mass is 10.5. The third kappa shape index (κ3) is 1.80. The predicted octanol–water partition coefficient (Wildman–Crippen LogP) is 1.30. The topological polar surface area (TPSA) is 46.5 Å². The van der Waals surface area contributed by atoms with Crippen LogP contribution < -0.4 is 0 Å². The summed E-state index contributed by atoms with van der Waals surface area (Å²) in [6.45, 7) is 0. The Morgan fingerprint density at radius 2 is 2.40 bits per heavy atom. The average molecular weight is 159 g/mol. The van der Waals surface area contributed by atoms with Gasteiger partial charge in [0.1, 0.15) is 0 Å². The molecule has 3 nitrogen and oxygen atoms in total. The van der Waals surface area contributed by atoms with Crippen molar-refractivity contribution in [2.75, 3.05) is 5.75 Å². The van der Waals surface area contributed by atoms with E-state index in [2.05, 4.69) is 0 Å². The lowest BCUT2D eigenvalue weighted by Crippen LogP contribution is -2.16. The smallest absolute Gasteiger partial charge is 0.438 e. The normalized spacial score (nSPS) is 23.4. The van der Waals surface area contributed by atoms with Gasteiger partial charge in [-0.2, -0.15) is 4.79 Å². The van der Waals surface area contributed by atoms with E-state index in [0.717, 1.165) is 0 Å². The fourth-order valence-corrected chi connectivity index (χ4v) is 1.31. The van der Waals surface area contributed by atoms with E-state index in [1.54, 1.807) is 18.2 Å². The molecule has 0 bridgehead atoms. The maximum atomic E-state index is 10.3. The standard InChI is InChI=1S/C6H6O3S/c7-6(8)10-5-3-1-2-4-9-10/h1-4H,5H2/p+1. The number of carboxylic acid groups (broad SMARTS) is 1. The summed E-state index contributed by atoms with van der Waals surface area (Å²) < 4.78 is 4.85. The maximum Gasteiger partial charge on any atom is 0.569 e. The summed E-state index contributed by atoms with van der Waals surface area (Å²) in [6, 6.07) is 0. The fraction of sp³-hybridized carbons (Fsp3) is 0.167. The van der Waals surface area contributed by atoms with Crippen LogP contribution in [-0.4, -0.2) is 16.2 Å². The van der Waals surface area contributed by atoms with Crippen molar-refractivity contribution in [3.8, 4) is 0 Å².